The summed E-state index contributed by atoms with van der Waals surface area (Å²) in [5.74, 6) is 0.496. The van der Waals surface area contributed by atoms with Crippen molar-refractivity contribution in [2.24, 2.45) is 21.2 Å². The summed E-state index contributed by atoms with van der Waals surface area (Å²) in [6.07, 6.45) is 0.843. The first-order chi connectivity index (χ1) is 7.81. The van der Waals surface area contributed by atoms with E-state index in [2.05, 4.69) is 23.2 Å². The van der Waals surface area contributed by atoms with Crippen LogP contribution in [0.2, 0.25) is 0 Å². The van der Waals surface area contributed by atoms with Crippen molar-refractivity contribution in [3.8, 4) is 0 Å². The number of nitrogens with two attached hydrogens (primary N) is 2. The van der Waals surface area contributed by atoms with Crippen LogP contribution in [0.5, 0.6) is 0 Å². The van der Waals surface area contributed by atoms with Crippen LogP contribution in [0.1, 0.15) is 26.0 Å². The van der Waals surface area contributed by atoms with Crippen LogP contribution in [0, 0.1) is 12.8 Å². The van der Waals surface area contributed by atoms with Gasteiger partial charge in [0.1, 0.15) is 0 Å². The molecule has 7 heteroatoms. The van der Waals surface area contributed by atoms with Crippen molar-refractivity contribution in [2.75, 3.05) is 6.54 Å². The molecule has 98 valence electrons. The zero-order valence-corrected chi connectivity index (χ0v) is 12.1. The van der Waals surface area contributed by atoms with Gasteiger partial charge in [0.05, 0.1) is 6.54 Å². The van der Waals surface area contributed by atoms with Crippen molar-refractivity contribution >= 4 is 21.3 Å². The quantitative estimate of drug-likeness (QED) is 0.853. The van der Waals surface area contributed by atoms with Gasteiger partial charge >= 0.3 is 0 Å². The van der Waals surface area contributed by atoms with Crippen LogP contribution in [0.4, 0.5) is 0 Å². The summed E-state index contributed by atoms with van der Waals surface area (Å²) in [5, 5.41) is 7.49. The van der Waals surface area contributed by atoms with E-state index in [4.69, 9.17) is 10.9 Å². The van der Waals surface area contributed by atoms with Gasteiger partial charge in [-0.15, -0.1) is 11.3 Å². The second-order valence-corrected chi connectivity index (χ2v) is 7.42. The summed E-state index contributed by atoms with van der Waals surface area (Å²) in [5.41, 5.74) is 6.68. The molecule has 0 aromatic carbocycles. The van der Waals surface area contributed by atoms with Gasteiger partial charge in [-0.3, -0.25) is 0 Å². The minimum Gasteiger partial charge on any atom is -0.326 e. The second-order valence-electron chi connectivity index (χ2n) is 4.52. The van der Waals surface area contributed by atoms with Crippen LogP contribution in [0.25, 0.3) is 0 Å². The molecule has 1 heterocycles. The lowest BCUT2D eigenvalue weighted by atomic mass is 10.1. The molecule has 0 aliphatic carbocycles. The highest BCUT2D eigenvalue weighted by Crippen LogP contribution is 2.15. The lowest BCUT2D eigenvalue weighted by molar-refractivity contribution is 0.502. The molecule has 0 amide bonds. The van der Waals surface area contributed by atoms with Gasteiger partial charge < -0.3 is 5.73 Å². The summed E-state index contributed by atoms with van der Waals surface area (Å²) in [6.45, 7) is 6.32. The Morgan fingerprint density at radius 3 is 2.71 bits per heavy atom. The summed E-state index contributed by atoms with van der Waals surface area (Å²) in [4.78, 5) is 4.10. The average Bonchev–Trinajstić information content (AvgIpc) is 2.62. The highest BCUT2D eigenvalue weighted by Gasteiger charge is 2.12. The van der Waals surface area contributed by atoms with Crippen molar-refractivity contribution in [3.05, 3.63) is 11.1 Å². The molecule has 0 aliphatic rings. The Bertz CT molecular complexity index is 474. The minimum atomic E-state index is -2.87. The predicted octanol–water partition coefficient (Wildman–Crippen LogP) is 1.53. The maximum Gasteiger partial charge on any atom is 0.204 e. The number of aromatic nitrogens is 1. The van der Waals surface area contributed by atoms with E-state index in [0.717, 1.165) is 12.1 Å². The van der Waals surface area contributed by atoms with Gasteiger partial charge in [-0.2, -0.15) is 0 Å². The first kappa shape index (κ1) is 14.6. The molecule has 1 aromatic rings. The number of thiazole rings is 1. The van der Waals surface area contributed by atoms with Gasteiger partial charge in [0.15, 0.2) is 9.92 Å². The molecule has 0 spiro atoms. The molecule has 0 fully saturated rings. The van der Waals surface area contributed by atoms with Gasteiger partial charge in [-0.25, -0.2) is 18.7 Å². The highest BCUT2D eigenvalue weighted by atomic mass is 32.2. The van der Waals surface area contributed by atoms with E-state index >= 15 is 0 Å². The fourth-order valence-corrected chi connectivity index (χ4v) is 3.58. The van der Waals surface area contributed by atoms with E-state index in [0.29, 0.717) is 16.8 Å². The Morgan fingerprint density at radius 1 is 1.59 bits per heavy atom. The van der Waals surface area contributed by atoms with E-state index < -0.39 is 9.92 Å². The normalized spacial score (nSPS) is 16.8. The van der Waals surface area contributed by atoms with E-state index in [1.807, 2.05) is 12.3 Å². The molecule has 0 bridgehead atoms. The molecule has 1 unspecified atom stereocenters. The third-order valence-electron chi connectivity index (χ3n) is 2.12. The predicted molar refractivity (Wildman–Crippen MR) is 72.2 cm³/mol. The van der Waals surface area contributed by atoms with Crippen LogP contribution < -0.4 is 10.9 Å². The molecule has 0 saturated heterocycles. The van der Waals surface area contributed by atoms with Crippen LogP contribution >= 0.6 is 11.3 Å². The molecule has 2 atom stereocenters. The first-order valence-electron chi connectivity index (χ1n) is 5.49. The third kappa shape index (κ3) is 4.71. The molecule has 1 rings (SSSR count). The van der Waals surface area contributed by atoms with Crippen LogP contribution in [0.3, 0.4) is 0 Å². The molecule has 0 aliphatic heterocycles. The summed E-state index contributed by atoms with van der Waals surface area (Å²) in [6, 6.07) is -0.0968. The molecule has 0 radical (unpaired) electrons. The van der Waals surface area contributed by atoms with E-state index in [9.17, 15) is 4.21 Å². The molecular formula is C10H20N4OS2. The lowest BCUT2D eigenvalue weighted by Crippen LogP contribution is -2.27. The monoisotopic (exact) mass is 276 g/mol. The Hall–Kier alpha value is -0.500. The van der Waals surface area contributed by atoms with Crippen molar-refractivity contribution < 1.29 is 4.21 Å². The summed E-state index contributed by atoms with van der Waals surface area (Å²) >= 11 is 1.28. The number of nitrogens with zero attached hydrogens (tertiary/aromatic N) is 2. The standard InChI is InChI=1S/C10H20N4OS2/c1-7(2)4-9(11)5-13-17(12,15)10-14-8(3)6-16-10/h6-7,9H,4-5,11H2,1-3H3,(H2,12,13,15)/t9-,17?/m0/s1. The van der Waals surface area contributed by atoms with Gasteiger partial charge in [0.2, 0.25) is 4.34 Å². The highest BCUT2D eigenvalue weighted by molar-refractivity contribution is 7.93. The molecular weight excluding hydrogens is 256 g/mol. The molecule has 4 N–H and O–H groups in total. The Labute approximate surface area is 107 Å². The third-order valence-corrected chi connectivity index (χ3v) is 5.00. The second kappa shape index (κ2) is 5.90. The number of hydrogen-bond acceptors (Lipinski definition) is 5. The number of hydrogen-bond donors (Lipinski definition) is 2. The Morgan fingerprint density at radius 2 is 2.24 bits per heavy atom. The topological polar surface area (TPSA) is 94.4 Å². The minimum absolute atomic E-state index is 0.0968. The molecule has 0 saturated carbocycles. The zero-order valence-electron chi connectivity index (χ0n) is 10.4. The van der Waals surface area contributed by atoms with E-state index in [1.165, 1.54) is 11.3 Å². The smallest absolute Gasteiger partial charge is 0.204 e. The van der Waals surface area contributed by atoms with E-state index in [-0.39, 0.29) is 6.04 Å². The fraction of sp³-hybridized carbons (Fsp3) is 0.700. The fourth-order valence-electron chi connectivity index (χ4n) is 1.41. The lowest BCUT2D eigenvalue weighted by Gasteiger charge is -2.11. The maximum atomic E-state index is 12.1. The Kier molecular flexibility index (Phi) is 5.05. The van der Waals surface area contributed by atoms with Crippen LogP contribution in [-0.2, 0) is 9.92 Å². The van der Waals surface area contributed by atoms with Crippen LogP contribution in [0.15, 0.2) is 14.1 Å². The van der Waals surface area contributed by atoms with Gasteiger partial charge in [-0.1, -0.05) is 13.8 Å². The largest absolute Gasteiger partial charge is 0.326 e. The van der Waals surface area contributed by atoms with E-state index in [1.54, 1.807) is 0 Å². The van der Waals surface area contributed by atoms with Crippen molar-refractivity contribution in [3.63, 3.8) is 0 Å². The number of aryl methyl sites for hydroxylation is 1. The van der Waals surface area contributed by atoms with Crippen LogP contribution in [-0.4, -0.2) is 21.8 Å². The van der Waals surface area contributed by atoms with Crippen molar-refractivity contribution in [1.29, 1.82) is 0 Å². The average molecular weight is 276 g/mol. The molecule has 5 nitrogen and oxygen atoms in total. The Balaban J connectivity index is 2.74. The molecule has 17 heavy (non-hydrogen) atoms. The van der Waals surface area contributed by atoms with Gasteiger partial charge in [0.25, 0.3) is 0 Å². The first-order valence-corrected chi connectivity index (χ1v) is 7.95. The van der Waals surface area contributed by atoms with Gasteiger partial charge in [-0.05, 0) is 19.3 Å². The molecule has 1 aromatic heterocycles. The van der Waals surface area contributed by atoms with Crippen molar-refractivity contribution in [2.45, 2.75) is 37.6 Å². The van der Waals surface area contributed by atoms with Gasteiger partial charge in [0, 0.05) is 17.1 Å². The summed E-state index contributed by atoms with van der Waals surface area (Å²) in [7, 11) is -2.87. The maximum absolute atomic E-state index is 12.1. The summed E-state index contributed by atoms with van der Waals surface area (Å²) < 4.78 is 16.5. The zero-order chi connectivity index (χ0) is 13.1. The van der Waals surface area contributed by atoms with Crippen molar-refractivity contribution in [1.82, 2.24) is 4.98 Å². The SMILES string of the molecule is Cc1csc(S(N)(=O)=NC[C@@H](N)CC(C)C)n1. The number of rotatable bonds is 5.